The van der Waals surface area contributed by atoms with E-state index in [0.29, 0.717) is 6.04 Å². The van der Waals surface area contributed by atoms with Gasteiger partial charge >= 0.3 is 0 Å². The highest BCUT2D eigenvalue weighted by molar-refractivity contribution is 5.86. The van der Waals surface area contributed by atoms with E-state index in [2.05, 4.69) is 24.1 Å². The quantitative estimate of drug-likeness (QED) is 0.913. The lowest BCUT2D eigenvalue weighted by Crippen LogP contribution is -2.50. The standard InChI is InChI=1S/C17H24N2O/c1-3-7-15-18-16(13-8-5-4-6-9-13)17(20)19(15)14-10-12(2)11-14/h4-6,8-9,12,14-16,18H,3,7,10-11H2,1-2H3. The Bertz CT molecular complexity index is 467. The number of hydrogen-bond donors (Lipinski definition) is 1. The fraction of sp³-hybridized carbons (Fsp3) is 0.588. The highest BCUT2D eigenvalue weighted by Gasteiger charge is 2.45. The van der Waals surface area contributed by atoms with E-state index in [1.165, 1.54) is 0 Å². The van der Waals surface area contributed by atoms with Gasteiger partial charge in [0.05, 0.1) is 6.17 Å². The molecule has 0 spiro atoms. The molecule has 1 amide bonds. The van der Waals surface area contributed by atoms with Crippen molar-refractivity contribution in [1.29, 1.82) is 0 Å². The summed E-state index contributed by atoms with van der Waals surface area (Å²) in [6.07, 6.45) is 4.69. The minimum absolute atomic E-state index is 0.149. The summed E-state index contributed by atoms with van der Waals surface area (Å²) in [4.78, 5) is 14.9. The third-order valence-corrected chi connectivity index (χ3v) is 4.63. The van der Waals surface area contributed by atoms with Gasteiger partial charge in [0.25, 0.3) is 0 Å². The van der Waals surface area contributed by atoms with Crippen LogP contribution in [0.3, 0.4) is 0 Å². The lowest BCUT2D eigenvalue weighted by molar-refractivity contribution is -0.135. The maximum absolute atomic E-state index is 12.8. The van der Waals surface area contributed by atoms with Gasteiger partial charge in [-0.05, 0) is 30.7 Å². The van der Waals surface area contributed by atoms with Crippen LogP contribution >= 0.6 is 0 Å². The summed E-state index contributed by atoms with van der Waals surface area (Å²) >= 11 is 0. The van der Waals surface area contributed by atoms with Gasteiger partial charge in [0.15, 0.2) is 0 Å². The Balaban J connectivity index is 1.80. The summed E-state index contributed by atoms with van der Waals surface area (Å²) in [7, 11) is 0. The Morgan fingerprint density at radius 1 is 1.25 bits per heavy atom. The molecule has 1 aliphatic carbocycles. The van der Waals surface area contributed by atoms with Crippen LogP contribution in [0.5, 0.6) is 0 Å². The van der Waals surface area contributed by atoms with Crippen molar-refractivity contribution in [3.63, 3.8) is 0 Å². The van der Waals surface area contributed by atoms with E-state index >= 15 is 0 Å². The summed E-state index contributed by atoms with van der Waals surface area (Å²) in [5, 5.41) is 3.55. The van der Waals surface area contributed by atoms with Crippen molar-refractivity contribution in [2.45, 2.75) is 57.8 Å². The highest BCUT2D eigenvalue weighted by atomic mass is 16.2. The molecule has 0 aromatic heterocycles. The zero-order chi connectivity index (χ0) is 14.1. The van der Waals surface area contributed by atoms with Gasteiger partial charge in [-0.3, -0.25) is 10.1 Å². The summed E-state index contributed by atoms with van der Waals surface area (Å²) in [5.74, 6) is 1.04. The van der Waals surface area contributed by atoms with Crippen molar-refractivity contribution in [2.24, 2.45) is 5.92 Å². The van der Waals surface area contributed by atoms with Gasteiger partial charge in [-0.25, -0.2) is 0 Å². The van der Waals surface area contributed by atoms with E-state index < -0.39 is 0 Å². The number of rotatable bonds is 4. The van der Waals surface area contributed by atoms with Gasteiger partial charge in [0.2, 0.25) is 5.91 Å². The van der Waals surface area contributed by atoms with Gasteiger partial charge in [-0.1, -0.05) is 50.6 Å². The van der Waals surface area contributed by atoms with E-state index in [0.717, 1.165) is 37.2 Å². The minimum atomic E-state index is -0.149. The summed E-state index contributed by atoms with van der Waals surface area (Å²) in [5.41, 5.74) is 1.09. The largest absolute Gasteiger partial charge is 0.322 e. The number of amides is 1. The van der Waals surface area contributed by atoms with Crippen molar-refractivity contribution >= 4 is 5.91 Å². The second-order valence-corrected chi connectivity index (χ2v) is 6.29. The summed E-state index contributed by atoms with van der Waals surface area (Å²) in [6.45, 7) is 4.46. The highest BCUT2D eigenvalue weighted by Crippen LogP contribution is 2.37. The van der Waals surface area contributed by atoms with Gasteiger partial charge in [0, 0.05) is 6.04 Å². The lowest BCUT2D eigenvalue weighted by Gasteiger charge is -2.42. The minimum Gasteiger partial charge on any atom is -0.322 e. The molecule has 1 N–H and O–H groups in total. The lowest BCUT2D eigenvalue weighted by atomic mass is 9.80. The fourth-order valence-corrected chi connectivity index (χ4v) is 3.55. The van der Waals surface area contributed by atoms with E-state index in [9.17, 15) is 4.79 Å². The molecule has 2 aliphatic rings. The molecule has 2 atom stereocenters. The molecule has 0 bridgehead atoms. The van der Waals surface area contributed by atoms with Crippen LogP contribution in [-0.2, 0) is 4.79 Å². The Kier molecular flexibility index (Phi) is 3.79. The monoisotopic (exact) mass is 272 g/mol. The van der Waals surface area contributed by atoms with Gasteiger partial charge in [-0.15, -0.1) is 0 Å². The van der Waals surface area contributed by atoms with Crippen LogP contribution in [0, 0.1) is 5.92 Å². The number of benzene rings is 1. The molecule has 0 radical (unpaired) electrons. The molecule has 1 aliphatic heterocycles. The average molecular weight is 272 g/mol. The second kappa shape index (κ2) is 5.57. The van der Waals surface area contributed by atoms with E-state index in [4.69, 9.17) is 0 Å². The van der Waals surface area contributed by atoms with Gasteiger partial charge in [-0.2, -0.15) is 0 Å². The van der Waals surface area contributed by atoms with E-state index in [1.54, 1.807) is 0 Å². The molecule has 2 fully saturated rings. The third-order valence-electron chi connectivity index (χ3n) is 4.63. The molecule has 1 heterocycles. The van der Waals surface area contributed by atoms with Crippen molar-refractivity contribution in [1.82, 2.24) is 10.2 Å². The molecule has 1 aromatic carbocycles. The summed E-state index contributed by atoms with van der Waals surface area (Å²) in [6, 6.07) is 10.4. The molecule has 1 saturated heterocycles. The molecule has 3 nitrogen and oxygen atoms in total. The average Bonchev–Trinajstić information content (AvgIpc) is 2.74. The number of carbonyl (C=O) groups is 1. The zero-order valence-electron chi connectivity index (χ0n) is 12.4. The van der Waals surface area contributed by atoms with Crippen LogP contribution in [0.25, 0.3) is 0 Å². The van der Waals surface area contributed by atoms with Crippen LogP contribution in [0.4, 0.5) is 0 Å². The fourth-order valence-electron chi connectivity index (χ4n) is 3.55. The third kappa shape index (κ3) is 2.35. The first-order valence-electron chi connectivity index (χ1n) is 7.84. The van der Waals surface area contributed by atoms with Crippen molar-refractivity contribution in [3.8, 4) is 0 Å². The van der Waals surface area contributed by atoms with E-state index in [1.807, 2.05) is 30.3 Å². The number of carbonyl (C=O) groups excluding carboxylic acids is 1. The zero-order valence-corrected chi connectivity index (χ0v) is 12.4. The van der Waals surface area contributed by atoms with E-state index in [-0.39, 0.29) is 18.1 Å². The Morgan fingerprint density at radius 2 is 1.95 bits per heavy atom. The molecule has 108 valence electrons. The van der Waals surface area contributed by atoms with Crippen molar-refractivity contribution < 1.29 is 4.79 Å². The Morgan fingerprint density at radius 3 is 2.55 bits per heavy atom. The molecule has 2 unspecified atom stereocenters. The van der Waals surface area contributed by atoms with Gasteiger partial charge in [0.1, 0.15) is 6.04 Å². The predicted octanol–water partition coefficient (Wildman–Crippen LogP) is 3.08. The first-order chi connectivity index (χ1) is 9.70. The van der Waals surface area contributed by atoms with Crippen molar-refractivity contribution in [3.05, 3.63) is 35.9 Å². The molecule has 1 saturated carbocycles. The van der Waals surface area contributed by atoms with Crippen LogP contribution < -0.4 is 5.32 Å². The molecule has 3 heteroatoms. The second-order valence-electron chi connectivity index (χ2n) is 6.29. The normalized spacial score (nSPS) is 33.3. The Labute approximate surface area is 121 Å². The number of nitrogens with one attached hydrogen (secondary N) is 1. The summed E-state index contributed by atoms with van der Waals surface area (Å²) < 4.78 is 0. The maximum Gasteiger partial charge on any atom is 0.245 e. The van der Waals surface area contributed by atoms with Crippen molar-refractivity contribution in [2.75, 3.05) is 0 Å². The number of hydrogen-bond acceptors (Lipinski definition) is 2. The predicted molar refractivity (Wildman–Crippen MR) is 80.0 cm³/mol. The van der Waals surface area contributed by atoms with Crippen LogP contribution in [-0.4, -0.2) is 23.0 Å². The first kappa shape index (κ1) is 13.6. The van der Waals surface area contributed by atoms with Crippen LogP contribution in [0.15, 0.2) is 30.3 Å². The molecular formula is C17H24N2O. The topological polar surface area (TPSA) is 32.3 Å². The van der Waals surface area contributed by atoms with Crippen LogP contribution in [0.2, 0.25) is 0 Å². The molecule has 1 aromatic rings. The molecule has 3 rings (SSSR count). The van der Waals surface area contributed by atoms with Gasteiger partial charge < -0.3 is 4.90 Å². The smallest absolute Gasteiger partial charge is 0.245 e. The van der Waals surface area contributed by atoms with Crippen LogP contribution in [0.1, 0.15) is 51.1 Å². The maximum atomic E-state index is 12.8. The molecule has 20 heavy (non-hydrogen) atoms. The Hall–Kier alpha value is -1.35. The molecular weight excluding hydrogens is 248 g/mol. The SMILES string of the molecule is CCCC1NC(c2ccccc2)C(=O)N1C1CC(C)C1. The number of nitrogens with zero attached hydrogens (tertiary/aromatic N) is 1. The first-order valence-corrected chi connectivity index (χ1v) is 7.84.